The largest absolute Gasteiger partial charge is 0.396 e. The number of aromatic nitrogens is 4. The van der Waals surface area contributed by atoms with E-state index in [9.17, 15) is 15.0 Å². The van der Waals surface area contributed by atoms with Crippen molar-refractivity contribution < 1.29 is 15.0 Å². The minimum atomic E-state index is -0.974. The zero-order chi connectivity index (χ0) is 25.9. The number of anilines is 2. The number of amides is 1. The zero-order valence-corrected chi connectivity index (χ0v) is 21.1. The molecule has 0 saturated heterocycles. The van der Waals surface area contributed by atoms with Gasteiger partial charge in [-0.15, -0.1) is 15.3 Å². The first-order chi connectivity index (χ1) is 18.1. The molecule has 0 radical (unpaired) electrons. The Morgan fingerprint density at radius 3 is 2.30 bits per heavy atom. The molecule has 4 rings (SSSR count). The third-order valence-electron chi connectivity index (χ3n) is 5.81. The van der Waals surface area contributed by atoms with Crippen LogP contribution < -0.4 is 10.6 Å². The third-order valence-corrected chi connectivity index (χ3v) is 6.73. The van der Waals surface area contributed by atoms with Gasteiger partial charge in [0, 0.05) is 6.42 Å². The molecule has 0 spiro atoms. The number of hydrogen-bond acceptors (Lipinski definition) is 9. The molecule has 0 bridgehead atoms. The summed E-state index contributed by atoms with van der Waals surface area (Å²) in [5.41, 5.74) is 2.65. The molecule has 9 nitrogen and oxygen atoms in total. The Morgan fingerprint density at radius 2 is 1.59 bits per heavy atom. The van der Waals surface area contributed by atoms with Crippen LogP contribution >= 0.6 is 11.3 Å². The molecule has 0 aliphatic heterocycles. The minimum absolute atomic E-state index is 0.126. The van der Waals surface area contributed by atoms with Crippen molar-refractivity contribution in [2.45, 2.75) is 44.2 Å². The molecule has 2 atom stereocenters. The molecule has 37 heavy (non-hydrogen) atoms. The number of carbonyl (C=O) groups excluding carboxylic acids is 1. The molecule has 192 valence electrons. The van der Waals surface area contributed by atoms with Gasteiger partial charge < -0.3 is 20.8 Å². The van der Waals surface area contributed by atoms with Gasteiger partial charge in [0.1, 0.15) is 11.2 Å². The molecule has 2 aromatic carbocycles. The van der Waals surface area contributed by atoms with Gasteiger partial charge in [0.25, 0.3) is 0 Å². The molecular formula is C27H30N6O3S. The van der Waals surface area contributed by atoms with E-state index in [-0.39, 0.29) is 12.5 Å². The third kappa shape index (κ3) is 8.14. The van der Waals surface area contributed by atoms with E-state index >= 15 is 0 Å². The number of carbonyl (C=O) groups is 1. The van der Waals surface area contributed by atoms with Gasteiger partial charge in [0.05, 0.1) is 24.6 Å². The smallest absolute Gasteiger partial charge is 0.229 e. The van der Waals surface area contributed by atoms with Crippen molar-refractivity contribution in [3.63, 3.8) is 0 Å². The predicted molar refractivity (Wildman–Crippen MR) is 143 cm³/mol. The van der Waals surface area contributed by atoms with Crippen LogP contribution in [0.5, 0.6) is 0 Å². The molecule has 0 aliphatic rings. The van der Waals surface area contributed by atoms with Crippen molar-refractivity contribution >= 4 is 28.2 Å². The quantitative estimate of drug-likeness (QED) is 0.156. The summed E-state index contributed by atoms with van der Waals surface area (Å²) < 4.78 is 0. The van der Waals surface area contributed by atoms with Gasteiger partial charge in [-0.25, -0.2) is 0 Å². The highest BCUT2D eigenvalue weighted by atomic mass is 32.1. The van der Waals surface area contributed by atoms with Crippen LogP contribution in [0.1, 0.15) is 40.6 Å². The average Bonchev–Trinajstić information content (AvgIpc) is 3.36. The molecule has 0 fully saturated rings. The Hall–Kier alpha value is -3.73. The first kappa shape index (κ1) is 26.3. The fourth-order valence-corrected chi connectivity index (χ4v) is 4.65. The molecule has 0 saturated carbocycles. The van der Waals surface area contributed by atoms with Crippen LogP contribution in [0.2, 0.25) is 0 Å². The lowest BCUT2D eigenvalue weighted by Crippen LogP contribution is -2.29. The topological polar surface area (TPSA) is 133 Å². The maximum absolute atomic E-state index is 12.2. The Kier molecular flexibility index (Phi) is 9.64. The van der Waals surface area contributed by atoms with E-state index in [1.165, 1.54) is 11.3 Å². The summed E-state index contributed by atoms with van der Waals surface area (Å²) >= 11 is 1.40. The molecule has 1 amide bonds. The van der Waals surface area contributed by atoms with Gasteiger partial charge in [-0.05, 0) is 42.5 Å². The number of unbranched alkanes of at least 4 members (excludes halogenated alkanes) is 1. The number of rotatable bonds is 13. The number of benzene rings is 2. The van der Waals surface area contributed by atoms with E-state index in [1.54, 1.807) is 6.07 Å². The molecule has 4 N–H and O–H groups in total. The van der Waals surface area contributed by atoms with Crippen molar-refractivity contribution in [1.29, 1.82) is 0 Å². The van der Waals surface area contributed by atoms with Crippen LogP contribution in [0, 0.1) is 0 Å². The zero-order valence-electron chi connectivity index (χ0n) is 20.3. The van der Waals surface area contributed by atoms with E-state index in [0.717, 1.165) is 47.5 Å². The highest BCUT2D eigenvalue weighted by molar-refractivity contribution is 7.15. The highest BCUT2D eigenvalue weighted by Crippen LogP contribution is 2.24. The van der Waals surface area contributed by atoms with Gasteiger partial charge in [-0.3, -0.25) is 4.79 Å². The summed E-state index contributed by atoms with van der Waals surface area (Å²) in [4.78, 5) is 12.2. The maximum Gasteiger partial charge on any atom is 0.229 e. The SMILES string of the molecule is O=C(Cc1ccccc1)Nc1ccc(CCCCc2nnc(NC(O)C(CO)c3ccccc3)s2)nn1. The number of nitrogens with one attached hydrogen (secondary N) is 2. The lowest BCUT2D eigenvalue weighted by Gasteiger charge is -2.21. The van der Waals surface area contributed by atoms with Crippen LogP contribution in [-0.2, 0) is 24.1 Å². The first-order valence-electron chi connectivity index (χ1n) is 12.2. The fraction of sp³-hybridized carbons (Fsp3) is 0.296. The van der Waals surface area contributed by atoms with Gasteiger partial charge in [0.15, 0.2) is 5.82 Å². The van der Waals surface area contributed by atoms with Crippen LogP contribution in [-0.4, -0.2) is 49.3 Å². The van der Waals surface area contributed by atoms with Crippen LogP contribution in [0.3, 0.4) is 0 Å². The standard InChI is InChI=1S/C27H30N6O3S/c34-18-22(20-11-5-2-6-12-20)26(36)29-27-33-32-25(37-27)14-8-7-13-21-15-16-23(31-30-21)28-24(35)17-19-9-3-1-4-10-19/h1-6,9-12,15-16,22,26,34,36H,7-8,13-14,17-18H2,(H,29,33)(H,28,31,35). The summed E-state index contributed by atoms with van der Waals surface area (Å²) in [6.07, 6.45) is 2.65. The first-order valence-corrected chi connectivity index (χ1v) is 13.0. The van der Waals surface area contributed by atoms with E-state index in [0.29, 0.717) is 17.4 Å². The van der Waals surface area contributed by atoms with Crippen molar-refractivity contribution in [3.8, 4) is 0 Å². The van der Waals surface area contributed by atoms with E-state index < -0.39 is 12.1 Å². The van der Waals surface area contributed by atoms with Crippen LogP contribution in [0.15, 0.2) is 72.8 Å². The van der Waals surface area contributed by atoms with E-state index in [2.05, 4.69) is 31.0 Å². The number of nitrogens with zero attached hydrogens (tertiary/aromatic N) is 4. The van der Waals surface area contributed by atoms with Gasteiger partial charge in [-0.1, -0.05) is 72.0 Å². The Bertz CT molecular complexity index is 1240. The van der Waals surface area contributed by atoms with Crippen molar-refractivity contribution in [1.82, 2.24) is 20.4 Å². The van der Waals surface area contributed by atoms with E-state index in [4.69, 9.17) is 0 Å². The van der Waals surface area contributed by atoms with Crippen molar-refractivity contribution in [3.05, 3.63) is 94.6 Å². The Labute approximate surface area is 219 Å². The second-order valence-electron chi connectivity index (χ2n) is 8.62. The van der Waals surface area contributed by atoms with Gasteiger partial charge >= 0.3 is 0 Å². The number of aliphatic hydroxyl groups excluding tert-OH is 2. The molecule has 10 heteroatoms. The van der Waals surface area contributed by atoms with Crippen molar-refractivity contribution in [2.75, 3.05) is 17.2 Å². The second kappa shape index (κ2) is 13.5. The highest BCUT2D eigenvalue weighted by Gasteiger charge is 2.21. The minimum Gasteiger partial charge on any atom is -0.396 e. The predicted octanol–water partition coefficient (Wildman–Crippen LogP) is 3.58. The Balaban J connectivity index is 1.17. The number of aliphatic hydroxyl groups is 2. The molecule has 0 aliphatic carbocycles. The van der Waals surface area contributed by atoms with Crippen LogP contribution in [0.4, 0.5) is 10.9 Å². The molecular weight excluding hydrogens is 488 g/mol. The summed E-state index contributed by atoms with van der Waals surface area (Å²) in [5.74, 6) is -0.145. The maximum atomic E-state index is 12.2. The van der Waals surface area contributed by atoms with Gasteiger partial charge in [-0.2, -0.15) is 5.10 Å². The lowest BCUT2D eigenvalue weighted by molar-refractivity contribution is -0.115. The molecule has 2 heterocycles. The number of aryl methyl sites for hydroxylation is 2. The summed E-state index contributed by atoms with van der Waals surface area (Å²) in [6.45, 7) is -0.187. The number of hydrogen-bond donors (Lipinski definition) is 4. The summed E-state index contributed by atoms with van der Waals surface area (Å²) in [5, 5.41) is 44.0. The molecule has 4 aromatic rings. The molecule has 2 unspecified atom stereocenters. The van der Waals surface area contributed by atoms with E-state index in [1.807, 2.05) is 66.7 Å². The summed E-state index contributed by atoms with van der Waals surface area (Å²) in [6, 6.07) is 22.6. The van der Waals surface area contributed by atoms with Crippen LogP contribution in [0.25, 0.3) is 0 Å². The monoisotopic (exact) mass is 518 g/mol. The Morgan fingerprint density at radius 1 is 0.865 bits per heavy atom. The fourth-order valence-electron chi connectivity index (χ4n) is 3.84. The second-order valence-corrected chi connectivity index (χ2v) is 9.68. The summed E-state index contributed by atoms with van der Waals surface area (Å²) in [7, 11) is 0. The molecule has 2 aromatic heterocycles. The average molecular weight is 519 g/mol. The normalized spacial score (nSPS) is 12.6. The lowest BCUT2D eigenvalue weighted by atomic mass is 9.98. The van der Waals surface area contributed by atoms with Crippen molar-refractivity contribution in [2.24, 2.45) is 0 Å². The van der Waals surface area contributed by atoms with Gasteiger partial charge in [0.2, 0.25) is 11.0 Å².